The van der Waals surface area contributed by atoms with Crippen LogP contribution in [0.25, 0.3) is 0 Å². The summed E-state index contributed by atoms with van der Waals surface area (Å²) in [6.07, 6.45) is 9.79. The highest BCUT2D eigenvalue weighted by atomic mass is 16.5. The van der Waals surface area contributed by atoms with Gasteiger partial charge in [-0.05, 0) is 80.9 Å². The average Bonchev–Trinajstić information content (AvgIpc) is 2.82. The van der Waals surface area contributed by atoms with E-state index in [0.717, 1.165) is 51.4 Å². The third-order valence-corrected chi connectivity index (χ3v) is 7.53. The van der Waals surface area contributed by atoms with E-state index in [4.69, 9.17) is 4.74 Å². The second-order valence-electron chi connectivity index (χ2n) is 9.52. The molecule has 2 nitrogen and oxygen atoms in total. The number of hydrogen-bond donors (Lipinski definition) is 0. The predicted octanol–water partition coefficient (Wildman–Crippen LogP) is 7.33. The highest BCUT2D eigenvalue weighted by Crippen LogP contribution is 2.43. The van der Waals surface area contributed by atoms with E-state index in [1.807, 2.05) is 13.0 Å². The number of carbonyl (C=O) groups excluding carboxylic acids is 1. The van der Waals surface area contributed by atoms with Crippen LogP contribution in [-0.4, -0.2) is 11.9 Å². The molecule has 0 heterocycles. The molecule has 1 aliphatic rings. The van der Waals surface area contributed by atoms with Gasteiger partial charge in [-0.25, -0.2) is 0 Å². The van der Waals surface area contributed by atoms with E-state index in [-0.39, 0.29) is 11.5 Å². The summed E-state index contributed by atoms with van der Waals surface area (Å²) in [6.45, 7) is 6.98. The van der Waals surface area contributed by atoms with Gasteiger partial charge in [0.05, 0.1) is 12.7 Å². The summed E-state index contributed by atoms with van der Waals surface area (Å²) in [6, 6.07) is 19.5. The van der Waals surface area contributed by atoms with Crippen LogP contribution in [0.4, 0.5) is 0 Å². The molecule has 3 rings (SSSR count). The lowest BCUT2D eigenvalue weighted by molar-refractivity contribution is -0.131. The topological polar surface area (TPSA) is 26.3 Å². The third-order valence-electron chi connectivity index (χ3n) is 7.53. The zero-order chi connectivity index (χ0) is 22.1. The van der Waals surface area contributed by atoms with Gasteiger partial charge >= 0.3 is 0 Å². The average molecular weight is 421 g/mol. The van der Waals surface area contributed by atoms with Crippen LogP contribution in [-0.2, 0) is 29.0 Å². The maximum atomic E-state index is 12.7. The first-order valence-electron chi connectivity index (χ1n) is 12.3. The fourth-order valence-corrected chi connectivity index (χ4v) is 5.05. The second kappa shape index (κ2) is 11.6. The van der Waals surface area contributed by atoms with Crippen molar-refractivity contribution >= 4 is 5.78 Å². The van der Waals surface area contributed by atoms with Crippen LogP contribution >= 0.6 is 0 Å². The molecule has 2 aromatic rings. The minimum absolute atomic E-state index is 0.133. The molecule has 0 bridgehead atoms. The summed E-state index contributed by atoms with van der Waals surface area (Å²) in [5, 5.41) is 0. The van der Waals surface area contributed by atoms with Gasteiger partial charge in [-0.15, -0.1) is 0 Å². The predicted molar refractivity (Wildman–Crippen MR) is 129 cm³/mol. The first-order chi connectivity index (χ1) is 15.0. The number of ether oxygens (including phenoxy) is 1. The van der Waals surface area contributed by atoms with Crippen LogP contribution in [0.1, 0.15) is 82.4 Å². The van der Waals surface area contributed by atoms with E-state index in [9.17, 15) is 4.79 Å². The molecule has 0 spiro atoms. The van der Waals surface area contributed by atoms with Gasteiger partial charge in [-0.1, -0.05) is 74.9 Å². The molecule has 2 aromatic carbocycles. The second-order valence-corrected chi connectivity index (χ2v) is 9.52. The van der Waals surface area contributed by atoms with Crippen LogP contribution in [0.2, 0.25) is 0 Å². The summed E-state index contributed by atoms with van der Waals surface area (Å²) >= 11 is 0. The molecule has 0 aromatic heterocycles. The Labute approximate surface area is 189 Å². The van der Waals surface area contributed by atoms with Crippen molar-refractivity contribution in [1.29, 1.82) is 0 Å². The Kier molecular flexibility index (Phi) is 8.90. The molecule has 1 atom stereocenters. The lowest BCUT2D eigenvalue weighted by Crippen LogP contribution is -2.37. The van der Waals surface area contributed by atoms with E-state index < -0.39 is 0 Å². The summed E-state index contributed by atoms with van der Waals surface area (Å²) in [5.41, 5.74) is 3.92. The molecular weight excluding hydrogens is 380 g/mol. The summed E-state index contributed by atoms with van der Waals surface area (Å²) in [4.78, 5) is 12.7. The standard InChI is InChI=1S/C29H40O2/c1-4-24-11-13-26(14-12-24)21-25(5-2)15-18-29(23(3)30)19-16-28(17-20-29)31-22-27-9-7-6-8-10-27/h6-14,25,28H,4-5,15-22H2,1-3H3. The summed E-state index contributed by atoms with van der Waals surface area (Å²) < 4.78 is 6.18. The van der Waals surface area contributed by atoms with E-state index in [0.29, 0.717) is 18.3 Å². The Balaban J connectivity index is 1.50. The monoisotopic (exact) mass is 420 g/mol. The number of Topliss-reactive ketones (excluding diaryl/α,β-unsaturated/α-hetero) is 1. The largest absolute Gasteiger partial charge is 0.374 e. The summed E-state index contributed by atoms with van der Waals surface area (Å²) in [7, 11) is 0. The molecule has 31 heavy (non-hydrogen) atoms. The van der Waals surface area contributed by atoms with E-state index in [1.165, 1.54) is 23.1 Å². The lowest BCUT2D eigenvalue weighted by Gasteiger charge is -2.39. The number of carbonyl (C=O) groups is 1. The van der Waals surface area contributed by atoms with Crippen molar-refractivity contribution in [1.82, 2.24) is 0 Å². The third kappa shape index (κ3) is 6.77. The molecular formula is C29H40O2. The molecule has 0 aliphatic heterocycles. The van der Waals surface area contributed by atoms with Crippen LogP contribution < -0.4 is 0 Å². The first kappa shape index (κ1) is 23.7. The highest BCUT2D eigenvalue weighted by Gasteiger charge is 2.39. The van der Waals surface area contributed by atoms with E-state index in [1.54, 1.807) is 0 Å². The van der Waals surface area contributed by atoms with Crippen molar-refractivity contribution in [2.75, 3.05) is 0 Å². The fraction of sp³-hybridized carbons (Fsp3) is 0.552. The molecule has 0 N–H and O–H groups in total. The molecule has 2 heteroatoms. The number of hydrogen-bond acceptors (Lipinski definition) is 2. The number of benzene rings is 2. The maximum absolute atomic E-state index is 12.7. The van der Waals surface area contributed by atoms with Gasteiger partial charge in [0.15, 0.2) is 0 Å². The van der Waals surface area contributed by atoms with Crippen LogP contribution in [0.3, 0.4) is 0 Å². The first-order valence-corrected chi connectivity index (χ1v) is 12.3. The van der Waals surface area contributed by atoms with Crippen LogP contribution in [0.5, 0.6) is 0 Å². The minimum Gasteiger partial charge on any atom is -0.374 e. The minimum atomic E-state index is -0.133. The molecule has 0 saturated heterocycles. The SMILES string of the molecule is CCc1ccc(CC(CC)CCC2(C(C)=O)CCC(OCc3ccccc3)CC2)cc1. The van der Waals surface area contributed by atoms with Gasteiger partial charge in [0.1, 0.15) is 5.78 Å². The fourth-order valence-electron chi connectivity index (χ4n) is 5.05. The summed E-state index contributed by atoms with van der Waals surface area (Å²) in [5.74, 6) is 1.03. The quantitative estimate of drug-likeness (QED) is 0.380. The van der Waals surface area contributed by atoms with Crippen LogP contribution in [0.15, 0.2) is 54.6 Å². The molecule has 1 aliphatic carbocycles. The number of aryl methyl sites for hydroxylation is 1. The van der Waals surface area contributed by atoms with Gasteiger partial charge < -0.3 is 4.74 Å². The number of rotatable bonds is 11. The molecule has 1 fully saturated rings. The van der Waals surface area contributed by atoms with Crippen molar-refractivity contribution in [3.8, 4) is 0 Å². The van der Waals surface area contributed by atoms with Gasteiger partial charge in [0.2, 0.25) is 0 Å². The molecule has 0 amide bonds. The molecule has 1 unspecified atom stereocenters. The Morgan fingerprint density at radius 3 is 2.19 bits per heavy atom. The van der Waals surface area contributed by atoms with E-state index >= 15 is 0 Å². The Bertz CT molecular complexity index is 785. The van der Waals surface area contributed by atoms with Gasteiger partial charge in [0.25, 0.3) is 0 Å². The molecule has 0 radical (unpaired) electrons. The Morgan fingerprint density at radius 2 is 1.61 bits per heavy atom. The number of ketones is 1. The molecule has 168 valence electrons. The van der Waals surface area contributed by atoms with Crippen molar-refractivity contribution in [2.45, 2.75) is 91.3 Å². The smallest absolute Gasteiger partial charge is 0.135 e. The van der Waals surface area contributed by atoms with Gasteiger partial charge in [0, 0.05) is 5.41 Å². The van der Waals surface area contributed by atoms with Crippen molar-refractivity contribution < 1.29 is 9.53 Å². The Hall–Kier alpha value is -1.93. The lowest BCUT2D eigenvalue weighted by atomic mass is 9.67. The zero-order valence-corrected chi connectivity index (χ0v) is 19.7. The van der Waals surface area contributed by atoms with Gasteiger partial charge in [-0.2, -0.15) is 0 Å². The molecule has 1 saturated carbocycles. The van der Waals surface area contributed by atoms with Crippen molar-refractivity contribution in [3.05, 3.63) is 71.3 Å². The normalized spacial score (nSPS) is 22.2. The highest BCUT2D eigenvalue weighted by molar-refractivity contribution is 5.82. The van der Waals surface area contributed by atoms with E-state index in [2.05, 4.69) is 62.4 Å². The van der Waals surface area contributed by atoms with Crippen molar-refractivity contribution in [3.63, 3.8) is 0 Å². The zero-order valence-electron chi connectivity index (χ0n) is 19.7. The Morgan fingerprint density at radius 1 is 0.968 bits per heavy atom. The van der Waals surface area contributed by atoms with Gasteiger partial charge in [-0.3, -0.25) is 4.79 Å². The maximum Gasteiger partial charge on any atom is 0.135 e. The van der Waals surface area contributed by atoms with Crippen molar-refractivity contribution in [2.24, 2.45) is 11.3 Å². The van der Waals surface area contributed by atoms with Crippen LogP contribution in [0, 0.1) is 11.3 Å².